The quantitative estimate of drug-likeness (QED) is 0.254. The minimum absolute atomic E-state index is 0.720. The molecule has 0 N–H and O–H groups in total. The van der Waals surface area contributed by atoms with Crippen LogP contribution in [0.3, 0.4) is 0 Å². The highest BCUT2D eigenvalue weighted by Gasteiger charge is 2.01. The molecule has 1 unspecified atom stereocenters. The molecule has 1 radical (unpaired) electrons. The normalized spacial score (nSPS) is 12.8. The summed E-state index contributed by atoms with van der Waals surface area (Å²) in [6.07, 6.45) is 22.8. The summed E-state index contributed by atoms with van der Waals surface area (Å²) in [5.74, 6) is 0.720. The molecule has 0 aromatic carbocycles. The van der Waals surface area contributed by atoms with Gasteiger partial charge in [-0.1, -0.05) is 124 Å². The third kappa shape index (κ3) is 16.1. The van der Waals surface area contributed by atoms with Gasteiger partial charge in [-0.3, -0.25) is 0 Å². The van der Waals surface area contributed by atoms with Crippen LogP contribution < -0.4 is 0 Å². The van der Waals surface area contributed by atoms with Crippen LogP contribution in [0.5, 0.6) is 0 Å². The Balaban J connectivity index is 3.02. The largest absolute Gasteiger partial charge is 0.0654 e. The molecule has 0 heteroatoms. The summed E-state index contributed by atoms with van der Waals surface area (Å²) in [5.41, 5.74) is 0. The lowest BCUT2D eigenvalue weighted by molar-refractivity contribution is 0.473. The van der Waals surface area contributed by atoms with E-state index in [0.717, 1.165) is 5.92 Å². The van der Waals surface area contributed by atoms with Crippen molar-refractivity contribution in [1.29, 1.82) is 0 Å². The summed E-state index contributed by atoms with van der Waals surface area (Å²) < 4.78 is 0. The summed E-state index contributed by atoms with van der Waals surface area (Å²) in [4.78, 5) is 0. The Morgan fingerprint density at radius 3 is 1.30 bits per heavy atom. The molecule has 121 valence electrons. The lowest BCUT2D eigenvalue weighted by Crippen LogP contribution is -1.94. The highest BCUT2D eigenvalue weighted by molar-refractivity contribution is 4.61. The van der Waals surface area contributed by atoms with Crippen LogP contribution in [0.4, 0.5) is 0 Å². The number of hydrogen-bond donors (Lipinski definition) is 0. The van der Waals surface area contributed by atoms with E-state index in [1.165, 1.54) is 103 Å². The third-order valence-electron chi connectivity index (χ3n) is 4.43. The average molecular weight is 282 g/mol. The maximum atomic E-state index is 4.26. The maximum absolute atomic E-state index is 4.26. The molecule has 0 amide bonds. The summed E-state index contributed by atoms with van der Waals surface area (Å²) >= 11 is 0. The smallest absolute Gasteiger partial charge is 0.0414 e. The zero-order chi connectivity index (χ0) is 14.9. The van der Waals surface area contributed by atoms with Crippen LogP contribution >= 0.6 is 0 Å². The SMILES string of the molecule is [CH2]C(CCCC)CCCCCCCCCCCCCC. The molecule has 1 atom stereocenters. The fourth-order valence-electron chi connectivity index (χ4n) is 2.91. The van der Waals surface area contributed by atoms with Gasteiger partial charge < -0.3 is 0 Å². The molecule has 0 aromatic heterocycles. The number of unbranched alkanes of at least 4 members (excludes halogenated alkanes) is 12. The van der Waals surface area contributed by atoms with Gasteiger partial charge in [-0.05, 0) is 5.92 Å². The van der Waals surface area contributed by atoms with Gasteiger partial charge in [0, 0.05) is 0 Å². The molecule has 0 aliphatic carbocycles. The molecule has 0 bridgehead atoms. The monoisotopic (exact) mass is 281 g/mol. The predicted octanol–water partition coefficient (Wildman–Crippen LogP) is 7.72. The zero-order valence-corrected chi connectivity index (χ0v) is 14.6. The highest BCUT2D eigenvalue weighted by Crippen LogP contribution is 2.17. The molecule has 0 aromatic rings. The van der Waals surface area contributed by atoms with Crippen molar-refractivity contribution in [3.05, 3.63) is 6.92 Å². The molecular formula is C20H41. The van der Waals surface area contributed by atoms with E-state index < -0.39 is 0 Å². The lowest BCUT2D eigenvalue weighted by atomic mass is 9.97. The molecule has 0 spiro atoms. The van der Waals surface area contributed by atoms with Gasteiger partial charge in [-0.15, -0.1) is 0 Å². The first-order valence-electron chi connectivity index (χ1n) is 9.64. The van der Waals surface area contributed by atoms with Gasteiger partial charge in [0.25, 0.3) is 0 Å². The van der Waals surface area contributed by atoms with Gasteiger partial charge in [0.1, 0.15) is 0 Å². The van der Waals surface area contributed by atoms with Gasteiger partial charge >= 0.3 is 0 Å². The van der Waals surface area contributed by atoms with Crippen LogP contribution in [0.2, 0.25) is 0 Å². The van der Waals surface area contributed by atoms with Crippen molar-refractivity contribution in [2.75, 3.05) is 0 Å². The molecular weight excluding hydrogens is 240 g/mol. The van der Waals surface area contributed by atoms with E-state index >= 15 is 0 Å². The molecule has 0 nitrogen and oxygen atoms in total. The van der Waals surface area contributed by atoms with Gasteiger partial charge in [0.15, 0.2) is 0 Å². The molecule has 0 aliphatic rings. The van der Waals surface area contributed by atoms with Gasteiger partial charge in [0.05, 0.1) is 0 Å². The van der Waals surface area contributed by atoms with E-state index in [4.69, 9.17) is 0 Å². The lowest BCUT2D eigenvalue weighted by Gasteiger charge is -2.09. The second kappa shape index (κ2) is 17.1. The Hall–Kier alpha value is 0. The van der Waals surface area contributed by atoms with Crippen LogP contribution in [0.25, 0.3) is 0 Å². The van der Waals surface area contributed by atoms with E-state index in [2.05, 4.69) is 20.8 Å². The fourth-order valence-corrected chi connectivity index (χ4v) is 2.91. The maximum Gasteiger partial charge on any atom is -0.0414 e. The van der Waals surface area contributed by atoms with Crippen LogP contribution in [0.1, 0.15) is 117 Å². The van der Waals surface area contributed by atoms with E-state index in [1.807, 2.05) is 0 Å². The summed E-state index contributed by atoms with van der Waals surface area (Å²) in [6, 6.07) is 0. The number of hydrogen-bond acceptors (Lipinski definition) is 0. The Kier molecular flexibility index (Phi) is 17.1. The predicted molar refractivity (Wildman–Crippen MR) is 94.1 cm³/mol. The van der Waals surface area contributed by atoms with E-state index in [0.29, 0.717) is 0 Å². The standard InChI is InChI=1S/C20H41/c1-4-6-8-9-10-11-12-13-14-15-16-17-19-20(3)18-7-5-2/h20H,3-19H2,1-2H3. The Bertz CT molecular complexity index is 161. The first kappa shape index (κ1) is 20.0. The van der Waals surface area contributed by atoms with Crippen LogP contribution in [0, 0.1) is 12.8 Å². The molecule has 0 rings (SSSR count). The summed E-state index contributed by atoms with van der Waals surface area (Å²) in [6.45, 7) is 8.83. The Labute approximate surface area is 130 Å². The van der Waals surface area contributed by atoms with Crippen molar-refractivity contribution in [3.63, 3.8) is 0 Å². The molecule has 0 fully saturated rings. The fraction of sp³-hybridized carbons (Fsp3) is 0.950. The second-order valence-electron chi connectivity index (χ2n) is 6.69. The van der Waals surface area contributed by atoms with Crippen LogP contribution in [-0.2, 0) is 0 Å². The van der Waals surface area contributed by atoms with E-state index in [1.54, 1.807) is 0 Å². The molecule has 0 saturated carbocycles. The molecule has 0 aliphatic heterocycles. The van der Waals surface area contributed by atoms with Crippen molar-refractivity contribution < 1.29 is 0 Å². The molecule has 20 heavy (non-hydrogen) atoms. The molecule has 0 saturated heterocycles. The van der Waals surface area contributed by atoms with Gasteiger partial charge in [0.2, 0.25) is 0 Å². The van der Waals surface area contributed by atoms with Crippen molar-refractivity contribution in [3.8, 4) is 0 Å². The van der Waals surface area contributed by atoms with E-state index in [9.17, 15) is 0 Å². The summed E-state index contributed by atoms with van der Waals surface area (Å²) in [7, 11) is 0. The third-order valence-corrected chi connectivity index (χ3v) is 4.43. The van der Waals surface area contributed by atoms with Crippen molar-refractivity contribution in [2.24, 2.45) is 5.92 Å². The topological polar surface area (TPSA) is 0 Å². The Morgan fingerprint density at radius 2 is 0.850 bits per heavy atom. The number of rotatable bonds is 16. The van der Waals surface area contributed by atoms with Crippen LogP contribution in [-0.4, -0.2) is 0 Å². The van der Waals surface area contributed by atoms with Gasteiger partial charge in [-0.25, -0.2) is 0 Å². The van der Waals surface area contributed by atoms with Gasteiger partial charge in [-0.2, -0.15) is 0 Å². The zero-order valence-electron chi connectivity index (χ0n) is 14.6. The first-order chi connectivity index (χ1) is 9.81. The highest BCUT2D eigenvalue weighted by atomic mass is 14.1. The average Bonchev–Trinajstić information content (AvgIpc) is 2.46. The minimum atomic E-state index is 0.720. The second-order valence-corrected chi connectivity index (χ2v) is 6.69. The Morgan fingerprint density at radius 1 is 0.500 bits per heavy atom. The van der Waals surface area contributed by atoms with Crippen molar-refractivity contribution in [1.82, 2.24) is 0 Å². The van der Waals surface area contributed by atoms with Crippen LogP contribution in [0.15, 0.2) is 0 Å². The van der Waals surface area contributed by atoms with E-state index in [-0.39, 0.29) is 0 Å². The molecule has 0 heterocycles. The van der Waals surface area contributed by atoms with Crippen molar-refractivity contribution in [2.45, 2.75) is 117 Å². The minimum Gasteiger partial charge on any atom is -0.0654 e. The summed E-state index contributed by atoms with van der Waals surface area (Å²) in [5, 5.41) is 0. The van der Waals surface area contributed by atoms with Crippen molar-refractivity contribution >= 4 is 0 Å². The first-order valence-corrected chi connectivity index (χ1v) is 9.64.